The zero-order chi connectivity index (χ0) is 17.1. The van der Waals surface area contributed by atoms with Gasteiger partial charge in [-0.3, -0.25) is 0 Å². The van der Waals surface area contributed by atoms with Gasteiger partial charge in [0.1, 0.15) is 0 Å². The van der Waals surface area contributed by atoms with Gasteiger partial charge in [0.2, 0.25) is 0 Å². The number of hydrogen-bond donors (Lipinski definition) is 2. The van der Waals surface area contributed by atoms with Crippen molar-refractivity contribution in [2.45, 2.75) is 51.0 Å². The van der Waals surface area contributed by atoms with Crippen LogP contribution in [0.2, 0.25) is 0 Å². The van der Waals surface area contributed by atoms with E-state index in [0.717, 1.165) is 25.8 Å². The Balaban J connectivity index is 1.31. The Hall–Kier alpha value is -2.29. The van der Waals surface area contributed by atoms with E-state index in [9.17, 15) is 4.79 Å². The second-order valence-corrected chi connectivity index (χ2v) is 7.26. The molecule has 2 aromatic carbocycles. The van der Waals surface area contributed by atoms with Crippen LogP contribution >= 0.6 is 0 Å². The lowest BCUT2D eigenvalue weighted by atomic mass is 9.83. The molecular weight excluding hydrogens is 308 g/mol. The zero-order valence-electron chi connectivity index (χ0n) is 14.7. The first-order valence-corrected chi connectivity index (χ1v) is 9.50. The molecule has 2 aromatic rings. The number of aryl methyl sites for hydroxylation is 2. The van der Waals surface area contributed by atoms with Gasteiger partial charge in [-0.05, 0) is 66.3 Å². The second-order valence-electron chi connectivity index (χ2n) is 7.26. The minimum Gasteiger partial charge on any atom is -0.338 e. The first-order chi connectivity index (χ1) is 12.3. The van der Waals surface area contributed by atoms with Gasteiger partial charge in [-0.15, -0.1) is 0 Å². The molecule has 0 spiro atoms. The molecule has 0 bridgehead atoms. The fourth-order valence-electron chi connectivity index (χ4n) is 4.38. The summed E-state index contributed by atoms with van der Waals surface area (Å²) >= 11 is 0. The summed E-state index contributed by atoms with van der Waals surface area (Å²) in [4.78, 5) is 12.2. The normalized spacial score (nSPS) is 18.3. The maximum absolute atomic E-state index is 12.2. The fraction of sp³-hybridized carbons (Fsp3) is 0.409. The first kappa shape index (κ1) is 16.2. The Morgan fingerprint density at radius 1 is 0.920 bits per heavy atom. The molecule has 2 N–H and O–H groups in total. The average Bonchev–Trinajstić information content (AvgIpc) is 3.14. The van der Waals surface area contributed by atoms with Gasteiger partial charge in [0.15, 0.2) is 0 Å². The highest BCUT2D eigenvalue weighted by molar-refractivity contribution is 5.74. The van der Waals surface area contributed by atoms with Crippen LogP contribution in [0, 0.1) is 0 Å². The third-order valence-corrected chi connectivity index (χ3v) is 5.68. The van der Waals surface area contributed by atoms with Crippen molar-refractivity contribution in [2.24, 2.45) is 0 Å². The van der Waals surface area contributed by atoms with E-state index in [1.807, 2.05) is 0 Å². The molecule has 0 heterocycles. The summed E-state index contributed by atoms with van der Waals surface area (Å²) in [6.07, 6.45) is 7.09. The molecule has 1 atom stereocenters. The highest BCUT2D eigenvalue weighted by Crippen LogP contribution is 2.30. The van der Waals surface area contributed by atoms with Gasteiger partial charge in [-0.25, -0.2) is 4.79 Å². The number of nitrogens with one attached hydrogen (secondary N) is 2. The molecule has 25 heavy (non-hydrogen) atoms. The Bertz CT molecular complexity index is 768. The molecule has 2 aliphatic rings. The van der Waals surface area contributed by atoms with Gasteiger partial charge in [-0.1, -0.05) is 42.5 Å². The number of benzene rings is 2. The molecule has 3 nitrogen and oxygen atoms in total. The maximum atomic E-state index is 12.2. The van der Waals surface area contributed by atoms with Crippen LogP contribution in [0.3, 0.4) is 0 Å². The summed E-state index contributed by atoms with van der Waals surface area (Å²) in [5.41, 5.74) is 7.03. The molecule has 0 saturated carbocycles. The lowest BCUT2D eigenvalue weighted by Crippen LogP contribution is -2.38. The first-order valence-electron chi connectivity index (χ1n) is 9.50. The molecule has 0 fully saturated rings. The summed E-state index contributed by atoms with van der Waals surface area (Å²) in [7, 11) is 0. The van der Waals surface area contributed by atoms with Crippen LogP contribution in [-0.2, 0) is 25.8 Å². The highest BCUT2D eigenvalue weighted by Gasteiger charge is 2.20. The second kappa shape index (κ2) is 7.30. The van der Waals surface area contributed by atoms with Crippen molar-refractivity contribution < 1.29 is 4.79 Å². The minimum atomic E-state index is -0.0568. The Kier molecular flexibility index (Phi) is 4.73. The smallest absolute Gasteiger partial charge is 0.315 e. The standard InChI is InChI=1S/C22H26N2O/c25-22(24-15-19-11-4-8-17-9-5-13-21(17)19)23-14-18-10-3-7-16-6-1-2-12-20(16)18/h1-2,4,6,8,11-12,18H,3,5,7,9-10,13-15H2,(H2,23,24,25). The number of rotatable bonds is 4. The van der Waals surface area contributed by atoms with E-state index in [1.54, 1.807) is 0 Å². The Labute approximate surface area is 149 Å². The van der Waals surface area contributed by atoms with Crippen molar-refractivity contribution >= 4 is 6.03 Å². The summed E-state index contributed by atoms with van der Waals surface area (Å²) in [5, 5.41) is 6.12. The summed E-state index contributed by atoms with van der Waals surface area (Å²) in [6, 6.07) is 15.1. The van der Waals surface area contributed by atoms with Crippen LogP contribution in [-0.4, -0.2) is 12.6 Å². The van der Waals surface area contributed by atoms with Gasteiger partial charge >= 0.3 is 6.03 Å². The van der Waals surface area contributed by atoms with E-state index >= 15 is 0 Å². The SMILES string of the molecule is O=C(NCc1cccc2c1CCC2)NCC1CCCc2ccccc21. The molecule has 1 unspecified atom stereocenters. The van der Waals surface area contributed by atoms with Crippen molar-refractivity contribution in [3.8, 4) is 0 Å². The van der Waals surface area contributed by atoms with Gasteiger partial charge in [-0.2, -0.15) is 0 Å². The zero-order valence-corrected chi connectivity index (χ0v) is 14.7. The predicted octanol–water partition coefficient (Wildman–Crippen LogP) is 4.09. The van der Waals surface area contributed by atoms with E-state index in [0.29, 0.717) is 12.5 Å². The number of hydrogen-bond acceptors (Lipinski definition) is 1. The van der Waals surface area contributed by atoms with Crippen LogP contribution in [0.5, 0.6) is 0 Å². The van der Waals surface area contributed by atoms with Crippen LogP contribution in [0.4, 0.5) is 4.79 Å². The predicted molar refractivity (Wildman–Crippen MR) is 101 cm³/mol. The quantitative estimate of drug-likeness (QED) is 0.868. The van der Waals surface area contributed by atoms with Gasteiger partial charge < -0.3 is 10.6 Å². The van der Waals surface area contributed by atoms with E-state index in [1.165, 1.54) is 47.1 Å². The molecule has 4 rings (SSSR count). The molecular formula is C22H26N2O. The van der Waals surface area contributed by atoms with E-state index < -0.39 is 0 Å². The monoisotopic (exact) mass is 334 g/mol. The lowest BCUT2D eigenvalue weighted by Gasteiger charge is -2.25. The molecule has 0 aromatic heterocycles. The van der Waals surface area contributed by atoms with E-state index in [-0.39, 0.29) is 6.03 Å². The molecule has 130 valence electrons. The topological polar surface area (TPSA) is 41.1 Å². The average molecular weight is 334 g/mol. The van der Waals surface area contributed by atoms with Crippen molar-refractivity contribution in [1.29, 1.82) is 0 Å². The van der Waals surface area contributed by atoms with Crippen molar-refractivity contribution in [3.05, 3.63) is 70.3 Å². The van der Waals surface area contributed by atoms with Crippen LogP contribution in [0.15, 0.2) is 42.5 Å². The Morgan fingerprint density at radius 2 is 1.76 bits per heavy atom. The molecule has 2 amide bonds. The summed E-state index contributed by atoms with van der Waals surface area (Å²) in [6.45, 7) is 1.34. The Morgan fingerprint density at radius 3 is 2.72 bits per heavy atom. The van der Waals surface area contributed by atoms with Crippen molar-refractivity contribution in [2.75, 3.05) is 6.54 Å². The fourth-order valence-corrected chi connectivity index (χ4v) is 4.38. The van der Waals surface area contributed by atoms with E-state index in [2.05, 4.69) is 53.1 Å². The van der Waals surface area contributed by atoms with Gasteiger partial charge in [0, 0.05) is 19.0 Å². The number of carbonyl (C=O) groups excluding carboxylic acids is 1. The third-order valence-electron chi connectivity index (χ3n) is 5.68. The molecule has 3 heteroatoms. The number of amides is 2. The number of urea groups is 1. The molecule has 0 radical (unpaired) electrons. The van der Waals surface area contributed by atoms with Crippen LogP contribution in [0.25, 0.3) is 0 Å². The number of fused-ring (bicyclic) bond motifs is 2. The summed E-state index contributed by atoms with van der Waals surface area (Å²) < 4.78 is 0. The largest absolute Gasteiger partial charge is 0.338 e. The van der Waals surface area contributed by atoms with E-state index in [4.69, 9.17) is 0 Å². The van der Waals surface area contributed by atoms with Crippen LogP contribution in [0.1, 0.15) is 53.0 Å². The van der Waals surface area contributed by atoms with Gasteiger partial charge in [0.25, 0.3) is 0 Å². The maximum Gasteiger partial charge on any atom is 0.315 e. The van der Waals surface area contributed by atoms with Gasteiger partial charge in [0.05, 0.1) is 0 Å². The molecule has 2 aliphatic carbocycles. The summed E-state index contributed by atoms with van der Waals surface area (Å²) in [5.74, 6) is 0.441. The van der Waals surface area contributed by atoms with Crippen LogP contribution < -0.4 is 10.6 Å². The molecule has 0 saturated heterocycles. The van der Waals surface area contributed by atoms with Crippen molar-refractivity contribution in [3.63, 3.8) is 0 Å². The highest BCUT2D eigenvalue weighted by atomic mass is 16.2. The lowest BCUT2D eigenvalue weighted by molar-refractivity contribution is 0.239. The number of carbonyl (C=O) groups is 1. The van der Waals surface area contributed by atoms with Crippen molar-refractivity contribution in [1.82, 2.24) is 10.6 Å². The third kappa shape index (κ3) is 3.55. The minimum absolute atomic E-state index is 0.0568. The molecule has 0 aliphatic heterocycles.